The molecule has 2 rings (SSSR count). The van der Waals surface area contributed by atoms with Crippen molar-refractivity contribution in [1.82, 2.24) is 10.6 Å². The van der Waals surface area contributed by atoms with Crippen LogP contribution >= 0.6 is 45.2 Å². The number of halogens is 2. The number of phenols is 1. The number of methoxy groups -OCH3 is 1. The van der Waals surface area contributed by atoms with E-state index in [0.717, 1.165) is 11.1 Å². The highest BCUT2D eigenvalue weighted by Crippen LogP contribution is 2.28. The number of ether oxygens (including phenoxy) is 2. The number of benzene rings is 2. The van der Waals surface area contributed by atoms with Gasteiger partial charge in [-0.3, -0.25) is 4.79 Å². The van der Waals surface area contributed by atoms with E-state index in [1.54, 1.807) is 12.1 Å². The molecule has 34 heavy (non-hydrogen) atoms. The second kappa shape index (κ2) is 13.7. The Bertz CT molecular complexity index is 977. The number of aromatic hydroxyl groups is 1. The number of phenolic OH excluding ortho intramolecular Hbond substituents is 1. The van der Waals surface area contributed by atoms with Crippen LogP contribution in [0.25, 0.3) is 0 Å². The van der Waals surface area contributed by atoms with Gasteiger partial charge in [0.25, 0.3) is 0 Å². The number of esters is 1. The minimum Gasteiger partial charge on any atom is -0.506 e. The van der Waals surface area contributed by atoms with Gasteiger partial charge < -0.3 is 25.2 Å². The zero-order valence-corrected chi connectivity index (χ0v) is 23.5. The molecule has 3 N–H and O–H groups in total. The number of carbonyl (C=O) groups excluding carboxylic acids is 3. The molecule has 10 heteroatoms. The third-order valence-corrected chi connectivity index (χ3v) is 6.49. The lowest BCUT2D eigenvalue weighted by Crippen LogP contribution is -2.53. The molecule has 8 nitrogen and oxygen atoms in total. The monoisotopic (exact) mass is 694 g/mol. The van der Waals surface area contributed by atoms with Crippen molar-refractivity contribution >= 4 is 63.2 Å². The van der Waals surface area contributed by atoms with Gasteiger partial charge in [0.2, 0.25) is 5.91 Å². The smallest absolute Gasteiger partial charge is 0.408 e. The van der Waals surface area contributed by atoms with E-state index >= 15 is 0 Å². The highest BCUT2D eigenvalue weighted by atomic mass is 127. The molecular weight excluding hydrogens is 666 g/mol. The average Bonchev–Trinajstić information content (AvgIpc) is 2.80. The summed E-state index contributed by atoms with van der Waals surface area (Å²) in [6, 6.07) is 10.8. The van der Waals surface area contributed by atoms with E-state index in [0.29, 0.717) is 13.6 Å². The maximum atomic E-state index is 13.2. The van der Waals surface area contributed by atoms with Crippen LogP contribution in [0.1, 0.15) is 31.4 Å². The molecule has 0 spiro atoms. The molecule has 2 aromatic rings. The van der Waals surface area contributed by atoms with Gasteiger partial charge in [0.15, 0.2) is 0 Å². The van der Waals surface area contributed by atoms with Crippen LogP contribution in [0, 0.1) is 13.1 Å². The number of rotatable bonds is 10. The van der Waals surface area contributed by atoms with Crippen molar-refractivity contribution in [3.8, 4) is 5.75 Å². The second-order valence-electron chi connectivity index (χ2n) is 8.08. The summed E-state index contributed by atoms with van der Waals surface area (Å²) >= 11 is 4.01. The van der Waals surface area contributed by atoms with Gasteiger partial charge in [-0.1, -0.05) is 44.2 Å². The molecule has 0 saturated carbocycles. The quantitative estimate of drug-likeness (QED) is 0.255. The van der Waals surface area contributed by atoms with E-state index in [-0.39, 0.29) is 24.7 Å². The van der Waals surface area contributed by atoms with Gasteiger partial charge in [0.05, 0.1) is 14.3 Å². The molecule has 0 saturated heterocycles. The first-order chi connectivity index (χ1) is 16.1. The highest BCUT2D eigenvalue weighted by Gasteiger charge is 2.29. The van der Waals surface area contributed by atoms with Crippen LogP contribution in [0.4, 0.5) is 4.79 Å². The predicted octanol–water partition coefficient (Wildman–Crippen LogP) is 4.14. The van der Waals surface area contributed by atoms with E-state index in [2.05, 4.69) is 10.6 Å². The first kappa shape index (κ1) is 28.1. The van der Waals surface area contributed by atoms with Crippen molar-refractivity contribution in [2.75, 3.05) is 7.11 Å². The molecule has 0 unspecified atom stereocenters. The molecule has 0 aliphatic carbocycles. The van der Waals surface area contributed by atoms with Gasteiger partial charge in [-0.15, -0.1) is 0 Å². The third kappa shape index (κ3) is 8.93. The molecule has 2 atom stereocenters. The Kier molecular flexibility index (Phi) is 11.4. The van der Waals surface area contributed by atoms with Gasteiger partial charge in [-0.05, 0) is 80.8 Å². The number of amides is 2. The van der Waals surface area contributed by atoms with Crippen molar-refractivity contribution in [1.29, 1.82) is 0 Å². The molecular formula is C24H28I2N2O6. The standard InChI is InChI=1S/C24H28I2N2O6/c1-14(2)9-20(23(31)33-3)27-22(30)19(12-16-10-17(25)21(29)18(26)11-16)28-24(32)34-13-15-7-5-4-6-8-15/h4-8,10-11,14,19-20,29H,9,12-13H2,1-3H3,(H,27,30)(H,28,32)/t19-,20-/m0/s1. The Balaban J connectivity index is 2.20. The molecule has 184 valence electrons. The van der Waals surface area contributed by atoms with Crippen LogP contribution in [0.2, 0.25) is 0 Å². The SMILES string of the molecule is COC(=O)[C@H](CC(C)C)NC(=O)[C@H](Cc1cc(I)c(O)c(I)c1)NC(=O)OCc1ccccc1. The predicted molar refractivity (Wildman–Crippen MR) is 144 cm³/mol. The zero-order chi connectivity index (χ0) is 25.3. The van der Waals surface area contributed by atoms with Gasteiger partial charge in [0.1, 0.15) is 24.4 Å². The molecule has 0 heterocycles. The second-order valence-corrected chi connectivity index (χ2v) is 10.4. The van der Waals surface area contributed by atoms with Crippen LogP contribution < -0.4 is 10.6 Å². The summed E-state index contributed by atoms with van der Waals surface area (Å²) in [4.78, 5) is 37.9. The first-order valence-electron chi connectivity index (χ1n) is 10.6. The Morgan fingerprint density at radius 2 is 1.59 bits per heavy atom. The third-order valence-electron chi connectivity index (χ3n) is 4.85. The summed E-state index contributed by atoms with van der Waals surface area (Å²) in [5.74, 6) is -0.803. The fourth-order valence-electron chi connectivity index (χ4n) is 3.19. The largest absolute Gasteiger partial charge is 0.506 e. The van der Waals surface area contributed by atoms with Gasteiger partial charge >= 0.3 is 12.1 Å². The van der Waals surface area contributed by atoms with Gasteiger partial charge in [0, 0.05) is 6.42 Å². The van der Waals surface area contributed by atoms with Gasteiger partial charge in [-0.25, -0.2) is 9.59 Å². The minimum absolute atomic E-state index is 0.0498. The number of hydrogen-bond acceptors (Lipinski definition) is 6. The normalized spacial score (nSPS) is 12.5. The minimum atomic E-state index is -1.02. The van der Waals surface area contributed by atoms with Gasteiger partial charge in [-0.2, -0.15) is 0 Å². The number of alkyl carbamates (subject to hydrolysis) is 1. The topological polar surface area (TPSA) is 114 Å². The molecule has 0 aliphatic rings. The lowest BCUT2D eigenvalue weighted by atomic mass is 10.0. The van der Waals surface area contributed by atoms with Crippen LogP contribution in [-0.4, -0.2) is 42.3 Å². The van der Waals surface area contributed by atoms with Crippen molar-refractivity contribution in [3.63, 3.8) is 0 Å². The molecule has 0 fully saturated rings. The lowest BCUT2D eigenvalue weighted by Gasteiger charge is -2.23. The maximum absolute atomic E-state index is 13.2. The number of carbonyl (C=O) groups is 3. The van der Waals surface area contributed by atoms with Crippen LogP contribution in [0.3, 0.4) is 0 Å². The molecule has 0 aliphatic heterocycles. The van der Waals surface area contributed by atoms with Crippen molar-refractivity contribution in [2.24, 2.45) is 5.92 Å². The fourth-order valence-corrected chi connectivity index (χ4v) is 5.09. The van der Waals surface area contributed by atoms with Crippen LogP contribution in [0.5, 0.6) is 5.75 Å². The number of hydrogen-bond donors (Lipinski definition) is 3. The van der Waals surface area contributed by atoms with E-state index in [9.17, 15) is 19.5 Å². The van der Waals surface area contributed by atoms with E-state index in [4.69, 9.17) is 9.47 Å². The number of nitrogens with one attached hydrogen (secondary N) is 2. The highest BCUT2D eigenvalue weighted by molar-refractivity contribution is 14.1. The Labute approximate surface area is 226 Å². The molecule has 2 amide bonds. The molecule has 0 radical (unpaired) electrons. The van der Waals surface area contributed by atoms with E-state index in [1.807, 2.05) is 89.4 Å². The van der Waals surface area contributed by atoms with Crippen molar-refractivity contribution in [2.45, 2.75) is 45.4 Å². The maximum Gasteiger partial charge on any atom is 0.408 e. The summed E-state index contributed by atoms with van der Waals surface area (Å²) in [6.07, 6.45) is -0.238. The summed E-state index contributed by atoms with van der Waals surface area (Å²) < 4.78 is 11.4. The summed E-state index contributed by atoms with van der Waals surface area (Å²) in [7, 11) is 1.26. The van der Waals surface area contributed by atoms with E-state index < -0.39 is 30.1 Å². The fraction of sp³-hybridized carbons (Fsp3) is 0.375. The summed E-state index contributed by atoms with van der Waals surface area (Å²) in [6.45, 7) is 3.91. The average molecular weight is 694 g/mol. The van der Waals surface area contributed by atoms with Crippen LogP contribution in [-0.2, 0) is 32.1 Å². The van der Waals surface area contributed by atoms with Crippen molar-refractivity contribution < 1.29 is 29.0 Å². The van der Waals surface area contributed by atoms with Crippen LogP contribution in [0.15, 0.2) is 42.5 Å². The Hall–Kier alpha value is -2.09. The van der Waals surface area contributed by atoms with Crippen molar-refractivity contribution in [3.05, 3.63) is 60.7 Å². The molecule has 0 aromatic heterocycles. The zero-order valence-electron chi connectivity index (χ0n) is 19.1. The Morgan fingerprint density at radius 3 is 2.15 bits per heavy atom. The molecule has 2 aromatic carbocycles. The lowest BCUT2D eigenvalue weighted by molar-refractivity contribution is -0.145. The first-order valence-corrected chi connectivity index (χ1v) is 12.8. The molecule has 0 bridgehead atoms. The Morgan fingerprint density at radius 1 is 0.971 bits per heavy atom. The summed E-state index contributed by atoms with van der Waals surface area (Å²) in [5.41, 5.74) is 1.54. The van der Waals surface area contributed by atoms with E-state index in [1.165, 1.54) is 7.11 Å². The summed E-state index contributed by atoms with van der Waals surface area (Å²) in [5, 5.41) is 15.4.